The van der Waals surface area contributed by atoms with E-state index in [-0.39, 0.29) is 30.8 Å². The van der Waals surface area contributed by atoms with Gasteiger partial charge in [-0.25, -0.2) is 8.42 Å². The summed E-state index contributed by atoms with van der Waals surface area (Å²) in [6.45, 7) is 4.36. The predicted octanol–water partition coefficient (Wildman–Crippen LogP) is 4.45. The van der Waals surface area contributed by atoms with Crippen LogP contribution < -0.4 is 9.62 Å². The van der Waals surface area contributed by atoms with Crippen molar-refractivity contribution in [1.82, 2.24) is 10.2 Å². The van der Waals surface area contributed by atoms with Crippen LogP contribution in [0.15, 0.2) is 54.6 Å². The van der Waals surface area contributed by atoms with Crippen LogP contribution in [-0.4, -0.2) is 56.6 Å². The van der Waals surface area contributed by atoms with Crippen molar-refractivity contribution < 1.29 is 18.0 Å². The molecule has 1 aliphatic carbocycles. The second-order valence-electron chi connectivity index (χ2n) is 10.1. The molecule has 0 aliphatic heterocycles. The van der Waals surface area contributed by atoms with Gasteiger partial charge in [0.05, 0.1) is 11.9 Å². The molecule has 0 heterocycles. The van der Waals surface area contributed by atoms with Crippen molar-refractivity contribution in [3.05, 3.63) is 65.7 Å². The molecule has 1 fully saturated rings. The van der Waals surface area contributed by atoms with Crippen molar-refractivity contribution in [3.63, 3.8) is 0 Å². The van der Waals surface area contributed by atoms with Gasteiger partial charge in [0.25, 0.3) is 0 Å². The molecule has 1 atom stereocenters. The van der Waals surface area contributed by atoms with Crippen LogP contribution in [-0.2, 0) is 26.0 Å². The molecule has 202 valence electrons. The zero-order valence-corrected chi connectivity index (χ0v) is 23.2. The van der Waals surface area contributed by atoms with E-state index in [0.717, 1.165) is 36.8 Å². The van der Waals surface area contributed by atoms with Gasteiger partial charge in [0.2, 0.25) is 21.8 Å². The summed E-state index contributed by atoms with van der Waals surface area (Å²) in [5, 5.41) is 3.15. The Hall–Kier alpha value is -2.87. The summed E-state index contributed by atoms with van der Waals surface area (Å²) in [4.78, 5) is 28.1. The molecule has 7 nitrogen and oxygen atoms in total. The van der Waals surface area contributed by atoms with Gasteiger partial charge in [-0.3, -0.25) is 13.9 Å². The van der Waals surface area contributed by atoms with E-state index >= 15 is 0 Å². The Kier molecular flexibility index (Phi) is 10.6. The molecule has 37 heavy (non-hydrogen) atoms. The summed E-state index contributed by atoms with van der Waals surface area (Å²) in [6, 6.07) is 16.8. The maximum Gasteiger partial charge on any atom is 0.242 e. The highest BCUT2D eigenvalue weighted by Gasteiger charge is 2.28. The zero-order valence-electron chi connectivity index (χ0n) is 22.4. The third kappa shape index (κ3) is 8.88. The summed E-state index contributed by atoms with van der Waals surface area (Å²) in [6.07, 6.45) is 7.75. The lowest BCUT2D eigenvalue weighted by atomic mass is 9.95. The Morgan fingerprint density at radius 3 is 2.24 bits per heavy atom. The average Bonchev–Trinajstić information content (AvgIpc) is 2.88. The van der Waals surface area contributed by atoms with Gasteiger partial charge in [0.1, 0.15) is 6.04 Å². The van der Waals surface area contributed by atoms with Gasteiger partial charge in [0, 0.05) is 25.6 Å². The number of anilines is 1. The van der Waals surface area contributed by atoms with Gasteiger partial charge in [-0.05, 0) is 57.2 Å². The second kappa shape index (κ2) is 13.6. The highest BCUT2D eigenvalue weighted by Crippen LogP contribution is 2.20. The molecule has 1 unspecified atom stereocenters. The quantitative estimate of drug-likeness (QED) is 0.442. The monoisotopic (exact) mass is 527 g/mol. The first-order valence-electron chi connectivity index (χ1n) is 13.3. The van der Waals surface area contributed by atoms with E-state index < -0.39 is 16.1 Å². The number of nitrogens with one attached hydrogen (secondary N) is 1. The van der Waals surface area contributed by atoms with Gasteiger partial charge >= 0.3 is 0 Å². The van der Waals surface area contributed by atoms with Crippen molar-refractivity contribution >= 4 is 27.5 Å². The van der Waals surface area contributed by atoms with E-state index in [9.17, 15) is 18.0 Å². The van der Waals surface area contributed by atoms with Gasteiger partial charge in [-0.2, -0.15) is 0 Å². The number of carbonyl (C=O) groups excluding carboxylic acids is 2. The lowest BCUT2D eigenvalue weighted by Gasteiger charge is -2.31. The highest BCUT2D eigenvalue weighted by molar-refractivity contribution is 7.92. The number of amides is 2. The Morgan fingerprint density at radius 1 is 0.973 bits per heavy atom. The van der Waals surface area contributed by atoms with Gasteiger partial charge < -0.3 is 10.2 Å². The Balaban J connectivity index is 1.66. The van der Waals surface area contributed by atoms with E-state index in [4.69, 9.17) is 0 Å². The molecule has 0 saturated heterocycles. The molecule has 2 amide bonds. The summed E-state index contributed by atoms with van der Waals surface area (Å²) >= 11 is 0. The van der Waals surface area contributed by atoms with Crippen molar-refractivity contribution in [2.45, 2.75) is 77.3 Å². The molecule has 1 saturated carbocycles. The first-order chi connectivity index (χ1) is 17.6. The third-order valence-corrected chi connectivity index (χ3v) is 8.27. The molecule has 1 aliphatic rings. The second-order valence-corrected chi connectivity index (χ2v) is 12.0. The number of hydrogen-bond acceptors (Lipinski definition) is 4. The minimum Gasteiger partial charge on any atom is -0.352 e. The fraction of sp³-hybridized carbons (Fsp3) is 0.517. The van der Waals surface area contributed by atoms with Crippen LogP contribution in [0.1, 0.15) is 63.0 Å². The normalized spacial score (nSPS) is 15.1. The topological polar surface area (TPSA) is 86.8 Å². The Bertz CT molecular complexity index is 1110. The van der Waals surface area contributed by atoms with Crippen molar-refractivity contribution in [2.75, 3.05) is 23.7 Å². The minimum atomic E-state index is -3.50. The third-order valence-electron chi connectivity index (χ3n) is 7.08. The summed E-state index contributed by atoms with van der Waals surface area (Å²) in [7, 11) is -3.50. The van der Waals surface area contributed by atoms with Crippen LogP contribution in [0.2, 0.25) is 0 Å². The summed E-state index contributed by atoms with van der Waals surface area (Å²) in [5.74, 6) is -0.259. The van der Waals surface area contributed by atoms with Crippen LogP contribution in [0.3, 0.4) is 0 Å². The fourth-order valence-electron chi connectivity index (χ4n) is 4.85. The van der Waals surface area contributed by atoms with E-state index in [1.165, 1.54) is 17.0 Å². The lowest BCUT2D eigenvalue weighted by molar-refractivity contribution is -0.140. The van der Waals surface area contributed by atoms with Crippen molar-refractivity contribution in [1.29, 1.82) is 0 Å². The number of aryl methyl sites for hydroxylation is 1. The zero-order chi connectivity index (χ0) is 26.8. The van der Waals surface area contributed by atoms with Gasteiger partial charge in [0.15, 0.2) is 0 Å². The maximum absolute atomic E-state index is 13.4. The van der Waals surface area contributed by atoms with Crippen LogP contribution in [0.25, 0.3) is 0 Å². The van der Waals surface area contributed by atoms with Crippen LogP contribution in [0.4, 0.5) is 5.69 Å². The number of rotatable bonds is 12. The first-order valence-corrected chi connectivity index (χ1v) is 15.2. The number of nitrogens with zero attached hydrogens (tertiary/aromatic N) is 2. The number of benzene rings is 2. The SMILES string of the molecule is Cc1ccc(N(CCCC(=O)N(CCc2ccccc2)C(C)C(=O)NC2CCCCC2)S(C)(=O)=O)cc1. The smallest absolute Gasteiger partial charge is 0.242 e. The van der Waals surface area contributed by atoms with Crippen LogP contribution in [0, 0.1) is 6.92 Å². The van der Waals surface area contributed by atoms with Crippen LogP contribution in [0.5, 0.6) is 0 Å². The van der Waals surface area contributed by atoms with Gasteiger partial charge in [-0.15, -0.1) is 0 Å². The molecule has 8 heteroatoms. The summed E-state index contributed by atoms with van der Waals surface area (Å²) < 4.78 is 26.2. The van der Waals surface area contributed by atoms with E-state index in [2.05, 4.69) is 5.32 Å². The molecular weight excluding hydrogens is 486 g/mol. The van der Waals surface area contributed by atoms with Crippen molar-refractivity contribution in [2.24, 2.45) is 0 Å². The Labute approximate surface area is 222 Å². The number of hydrogen-bond donors (Lipinski definition) is 1. The molecule has 2 aromatic rings. The molecule has 0 spiro atoms. The van der Waals surface area contributed by atoms with Crippen LogP contribution >= 0.6 is 0 Å². The molecular formula is C29H41N3O4S. The largest absolute Gasteiger partial charge is 0.352 e. The van der Waals surface area contributed by atoms with E-state index in [0.29, 0.717) is 25.1 Å². The lowest BCUT2D eigenvalue weighted by Crippen LogP contribution is -2.51. The molecule has 0 radical (unpaired) electrons. The Morgan fingerprint density at radius 2 is 1.62 bits per heavy atom. The highest BCUT2D eigenvalue weighted by atomic mass is 32.2. The fourth-order valence-corrected chi connectivity index (χ4v) is 5.82. The van der Waals surface area contributed by atoms with E-state index in [1.807, 2.05) is 49.4 Å². The molecule has 1 N–H and O–H groups in total. The standard InChI is InChI=1S/C29H41N3O4S/c1-23-16-18-27(19-17-23)32(37(3,35)36)21-10-15-28(33)31(22-20-25-11-6-4-7-12-25)24(2)29(34)30-26-13-8-5-9-14-26/h4,6-7,11-12,16-19,24,26H,5,8-10,13-15,20-22H2,1-3H3,(H,30,34). The molecule has 0 aromatic heterocycles. The first kappa shape index (κ1) is 28.7. The van der Waals surface area contributed by atoms with Gasteiger partial charge in [-0.1, -0.05) is 67.3 Å². The molecule has 0 bridgehead atoms. The maximum atomic E-state index is 13.4. The van der Waals surface area contributed by atoms with E-state index in [1.54, 1.807) is 24.0 Å². The predicted molar refractivity (Wildman–Crippen MR) is 149 cm³/mol. The molecule has 3 rings (SSSR count). The number of sulfonamides is 1. The molecule has 2 aromatic carbocycles. The number of carbonyl (C=O) groups is 2. The minimum absolute atomic E-state index is 0.120. The van der Waals surface area contributed by atoms with Crippen molar-refractivity contribution in [3.8, 4) is 0 Å². The summed E-state index contributed by atoms with van der Waals surface area (Å²) in [5.41, 5.74) is 2.73. The average molecular weight is 528 g/mol.